The highest BCUT2D eigenvalue weighted by Crippen LogP contribution is 2.40. The van der Waals surface area contributed by atoms with Crippen LogP contribution >= 0.6 is 0 Å². The van der Waals surface area contributed by atoms with Crippen LogP contribution in [0.25, 0.3) is 17.3 Å². The van der Waals surface area contributed by atoms with Gasteiger partial charge >= 0.3 is 18.3 Å². The van der Waals surface area contributed by atoms with Crippen molar-refractivity contribution in [1.29, 1.82) is 0 Å². The number of H-pyrrole nitrogens is 1. The van der Waals surface area contributed by atoms with Crippen LogP contribution in [0.5, 0.6) is 0 Å². The molecule has 0 saturated carbocycles. The van der Waals surface area contributed by atoms with E-state index in [4.69, 9.17) is 9.84 Å². The Balaban J connectivity index is 1.45. The number of hydrogen-bond donors (Lipinski definition) is 3. The van der Waals surface area contributed by atoms with Crippen LogP contribution in [0.2, 0.25) is 0 Å². The predicted octanol–water partition coefficient (Wildman–Crippen LogP) is 5.06. The first-order chi connectivity index (χ1) is 21.7. The summed E-state index contributed by atoms with van der Waals surface area (Å²) in [6.07, 6.45) is -8.33. The van der Waals surface area contributed by atoms with E-state index < -0.39 is 71.9 Å². The third-order valence-corrected chi connectivity index (χ3v) is 7.02. The fraction of sp³-hybridized carbons (Fsp3) is 0.267. The first-order valence-corrected chi connectivity index (χ1v) is 13.6. The molecular formula is C30H24F7N5O4. The molecule has 0 fully saturated rings. The molecule has 2 unspecified atom stereocenters. The molecule has 2 aromatic heterocycles. The van der Waals surface area contributed by atoms with Crippen molar-refractivity contribution in [3.8, 4) is 11.3 Å². The maximum Gasteiger partial charge on any atom is 0.417 e. The number of aromatic amines is 1. The van der Waals surface area contributed by atoms with Gasteiger partial charge in [0.25, 0.3) is 0 Å². The Labute approximate surface area is 256 Å². The molecule has 4 aromatic rings. The number of esters is 1. The lowest BCUT2D eigenvalue weighted by Crippen LogP contribution is -2.35. The first-order valence-electron chi connectivity index (χ1n) is 13.6. The molecule has 3 N–H and O–H groups in total. The van der Waals surface area contributed by atoms with Crippen LogP contribution in [-0.4, -0.2) is 60.6 Å². The number of hydrogen-bond acceptors (Lipinski definition) is 8. The summed E-state index contributed by atoms with van der Waals surface area (Å²) in [5.74, 6) is -0.939. The molecule has 0 amide bonds. The summed E-state index contributed by atoms with van der Waals surface area (Å²) in [5.41, 5.74) is -2.80. The van der Waals surface area contributed by atoms with E-state index in [1.54, 1.807) is 24.3 Å². The number of carbonyl (C=O) groups excluding carboxylic acids is 1. The number of aromatic nitrogens is 4. The zero-order chi connectivity index (χ0) is 33.2. The number of halogens is 7. The second-order valence-electron chi connectivity index (χ2n) is 10.3. The van der Waals surface area contributed by atoms with E-state index in [1.165, 1.54) is 23.2 Å². The normalized spacial score (nSPS) is 14.6. The number of benzene rings is 2. The van der Waals surface area contributed by atoms with E-state index in [0.29, 0.717) is 34.9 Å². The molecule has 2 aromatic carbocycles. The number of alkyl halides is 6. The molecule has 1 aliphatic rings. The molecule has 3 heterocycles. The van der Waals surface area contributed by atoms with Gasteiger partial charge in [0.2, 0.25) is 0 Å². The Morgan fingerprint density at radius 1 is 1.02 bits per heavy atom. The van der Waals surface area contributed by atoms with E-state index >= 15 is 0 Å². The Morgan fingerprint density at radius 2 is 1.78 bits per heavy atom. The van der Waals surface area contributed by atoms with Crippen LogP contribution in [-0.2, 0) is 34.8 Å². The van der Waals surface area contributed by atoms with E-state index in [-0.39, 0.29) is 24.7 Å². The SMILES string of the molecule is O=C(OCC(O)CO)C(c1ccc(-c2ccc(C(F)(F)F)cc2C(F)(F)F)nn1)N1C=Cc2[nH]c(Cc3ccccc3F)nc2C1. The van der Waals surface area contributed by atoms with Crippen LogP contribution in [0.3, 0.4) is 0 Å². The molecule has 0 bridgehead atoms. The third-order valence-electron chi connectivity index (χ3n) is 7.02. The molecule has 5 rings (SSSR count). The second kappa shape index (κ2) is 12.9. The molecule has 242 valence electrons. The molecule has 2 atom stereocenters. The van der Waals surface area contributed by atoms with Gasteiger partial charge in [-0.15, -0.1) is 0 Å². The molecule has 9 nitrogen and oxygen atoms in total. The van der Waals surface area contributed by atoms with Gasteiger partial charge in [-0.3, -0.25) is 0 Å². The zero-order valence-corrected chi connectivity index (χ0v) is 23.5. The number of nitrogens with zero attached hydrogens (tertiary/aromatic N) is 4. The Kier molecular flexibility index (Phi) is 9.12. The van der Waals surface area contributed by atoms with Crippen molar-refractivity contribution in [2.45, 2.75) is 37.5 Å². The number of carbonyl (C=O) groups is 1. The van der Waals surface area contributed by atoms with Crippen molar-refractivity contribution in [2.75, 3.05) is 13.2 Å². The van der Waals surface area contributed by atoms with Gasteiger partial charge in [0.05, 0.1) is 47.1 Å². The number of aliphatic hydroxyl groups is 2. The van der Waals surface area contributed by atoms with Gasteiger partial charge in [0.15, 0.2) is 6.04 Å². The van der Waals surface area contributed by atoms with E-state index in [9.17, 15) is 40.6 Å². The van der Waals surface area contributed by atoms with Crippen LogP contribution in [0.1, 0.15) is 45.6 Å². The topological polar surface area (TPSA) is 124 Å². The number of fused-ring (bicyclic) bond motifs is 1. The maximum atomic E-state index is 14.2. The summed E-state index contributed by atoms with van der Waals surface area (Å²) in [6.45, 7) is -1.30. The molecule has 46 heavy (non-hydrogen) atoms. The Bertz CT molecular complexity index is 1740. The number of nitrogens with one attached hydrogen (secondary N) is 1. The van der Waals surface area contributed by atoms with Gasteiger partial charge in [-0.05, 0) is 42.0 Å². The van der Waals surface area contributed by atoms with Crippen LogP contribution in [0, 0.1) is 5.82 Å². The van der Waals surface area contributed by atoms with Crippen molar-refractivity contribution in [1.82, 2.24) is 25.1 Å². The minimum Gasteiger partial charge on any atom is -0.461 e. The maximum absolute atomic E-state index is 14.2. The van der Waals surface area contributed by atoms with Crippen molar-refractivity contribution in [3.05, 3.63) is 106 Å². The number of ether oxygens (including phenoxy) is 1. The number of imidazole rings is 1. The van der Waals surface area contributed by atoms with Gasteiger partial charge in [-0.1, -0.05) is 24.3 Å². The zero-order valence-electron chi connectivity index (χ0n) is 23.5. The van der Waals surface area contributed by atoms with E-state index in [1.807, 2.05) is 0 Å². The lowest BCUT2D eigenvalue weighted by atomic mass is 10.00. The largest absolute Gasteiger partial charge is 0.461 e. The third kappa shape index (κ3) is 7.18. The van der Waals surface area contributed by atoms with Crippen molar-refractivity contribution in [3.63, 3.8) is 0 Å². The van der Waals surface area contributed by atoms with E-state index in [0.717, 1.165) is 6.07 Å². The fourth-order valence-corrected chi connectivity index (χ4v) is 4.76. The molecule has 16 heteroatoms. The second-order valence-corrected chi connectivity index (χ2v) is 10.3. The Morgan fingerprint density at radius 3 is 2.43 bits per heavy atom. The fourth-order valence-electron chi connectivity index (χ4n) is 4.76. The van der Waals surface area contributed by atoms with Crippen LogP contribution in [0.4, 0.5) is 30.7 Å². The molecule has 0 spiro atoms. The monoisotopic (exact) mass is 651 g/mol. The predicted molar refractivity (Wildman–Crippen MR) is 147 cm³/mol. The smallest absolute Gasteiger partial charge is 0.417 e. The average molecular weight is 652 g/mol. The van der Waals surface area contributed by atoms with E-state index in [2.05, 4.69) is 20.2 Å². The quantitative estimate of drug-likeness (QED) is 0.170. The summed E-state index contributed by atoms with van der Waals surface area (Å²) in [6, 6.07) is 8.15. The average Bonchev–Trinajstić information content (AvgIpc) is 3.42. The minimum atomic E-state index is -5.15. The molecule has 1 aliphatic heterocycles. The van der Waals surface area contributed by atoms with Crippen molar-refractivity contribution in [2.24, 2.45) is 0 Å². The van der Waals surface area contributed by atoms with Crippen LogP contribution in [0.15, 0.2) is 60.8 Å². The van der Waals surface area contributed by atoms with Crippen molar-refractivity contribution >= 4 is 12.0 Å². The van der Waals surface area contributed by atoms with Crippen molar-refractivity contribution < 1.29 is 50.5 Å². The molecule has 0 radical (unpaired) electrons. The molecule has 0 aliphatic carbocycles. The summed E-state index contributed by atoms with van der Waals surface area (Å²) in [7, 11) is 0. The first kappa shape index (κ1) is 32.6. The van der Waals surface area contributed by atoms with Gasteiger partial charge in [0.1, 0.15) is 24.4 Å². The lowest BCUT2D eigenvalue weighted by molar-refractivity contribution is -0.153. The summed E-state index contributed by atoms with van der Waals surface area (Å²) < 4.78 is 100.0. The van der Waals surface area contributed by atoms with Gasteiger partial charge in [-0.2, -0.15) is 36.5 Å². The van der Waals surface area contributed by atoms with Gasteiger partial charge in [-0.25, -0.2) is 14.2 Å². The summed E-state index contributed by atoms with van der Waals surface area (Å²) in [4.78, 5) is 22.3. The highest BCUT2D eigenvalue weighted by molar-refractivity contribution is 5.78. The summed E-state index contributed by atoms with van der Waals surface area (Å²) >= 11 is 0. The number of rotatable bonds is 9. The highest BCUT2D eigenvalue weighted by atomic mass is 19.4. The Hall–Kier alpha value is -4.83. The summed E-state index contributed by atoms with van der Waals surface area (Å²) in [5, 5.41) is 26.5. The number of aliphatic hydroxyl groups excluding tert-OH is 2. The minimum absolute atomic E-state index is 0.0114. The van der Waals surface area contributed by atoms with Crippen LogP contribution < -0.4 is 0 Å². The van der Waals surface area contributed by atoms with Gasteiger partial charge in [0, 0.05) is 18.2 Å². The highest BCUT2D eigenvalue weighted by Gasteiger charge is 2.39. The molecular weight excluding hydrogens is 627 g/mol. The van der Waals surface area contributed by atoms with Gasteiger partial charge < -0.3 is 24.8 Å². The molecule has 0 saturated heterocycles. The standard InChI is InChI=1S/C30H24F7N5O4/c31-21-4-2-1-3-16(21)11-26-38-23-9-10-42(13-25(23)39-26)27(28(45)46-15-18(44)14-43)24-8-7-22(40-41-24)19-6-5-17(29(32,33)34)12-20(19)30(35,36)37/h1-10,12,18,27,43-44H,11,13-15H2,(H,38,39). The lowest BCUT2D eigenvalue weighted by Gasteiger charge is -2.30.